The van der Waals surface area contributed by atoms with Gasteiger partial charge in [0.05, 0.1) is 43.9 Å². The summed E-state index contributed by atoms with van der Waals surface area (Å²) in [5.41, 5.74) is -8.56. The second kappa shape index (κ2) is 15.4. The highest BCUT2D eigenvalue weighted by Crippen LogP contribution is 2.53. The zero-order valence-electron chi connectivity index (χ0n) is 25.0. The van der Waals surface area contributed by atoms with Crippen LogP contribution in [0.2, 0.25) is 0 Å². The van der Waals surface area contributed by atoms with Crippen molar-refractivity contribution >= 4 is 41.6 Å². The van der Waals surface area contributed by atoms with Gasteiger partial charge >= 0.3 is 13.5 Å². The van der Waals surface area contributed by atoms with Crippen LogP contribution in [-0.2, 0) is 32.5 Å². The number of phosphoric acid groups is 1. The van der Waals surface area contributed by atoms with Crippen molar-refractivity contribution in [3.8, 4) is 0 Å². The quantitative estimate of drug-likeness (QED) is 0.112. The third-order valence-corrected chi connectivity index (χ3v) is 10.5. The third-order valence-electron chi connectivity index (χ3n) is 6.72. The number of hydrogen-bond donors (Lipinski definition) is 5. The summed E-state index contributed by atoms with van der Waals surface area (Å²) in [6, 6.07) is 0.948. The predicted octanol–water partition coefficient (Wildman–Crippen LogP) is 0.600. The van der Waals surface area contributed by atoms with Crippen LogP contribution in [0.4, 0.5) is 4.39 Å². The first kappa shape index (κ1) is 38.7. The van der Waals surface area contributed by atoms with Gasteiger partial charge < -0.3 is 25.2 Å². The van der Waals surface area contributed by atoms with E-state index in [9.17, 15) is 48.6 Å². The van der Waals surface area contributed by atoms with E-state index in [-0.39, 0.29) is 35.0 Å². The maximum absolute atomic E-state index is 14.5. The van der Waals surface area contributed by atoms with Crippen molar-refractivity contribution in [2.75, 3.05) is 51.2 Å². The second-order valence-corrected chi connectivity index (χ2v) is 15.4. The van der Waals surface area contributed by atoms with Crippen molar-refractivity contribution in [1.82, 2.24) is 9.55 Å². The number of aliphatic hydroxyl groups excluding tert-OH is 3. The van der Waals surface area contributed by atoms with E-state index in [2.05, 4.69) is 0 Å². The van der Waals surface area contributed by atoms with E-state index in [1.54, 1.807) is 0 Å². The molecule has 15 nitrogen and oxygen atoms in total. The number of rotatable bonds is 17. The molecular weight excluding hydrogens is 650 g/mol. The number of alkyl halides is 1. The van der Waals surface area contributed by atoms with Crippen molar-refractivity contribution in [1.29, 1.82) is 0 Å². The summed E-state index contributed by atoms with van der Waals surface area (Å²) in [4.78, 5) is 50.3. The second-order valence-electron chi connectivity index (χ2n) is 11.6. The SMILES string of the molecule is CC(C)(CO)C(=O)SCCOP(=O)(OCCSC(=O)C(C)(C)CO)OCC1(CF)OC(n2ccc(=O)[nH]c2=O)C(C)(O)C1O. The van der Waals surface area contributed by atoms with Crippen molar-refractivity contribution in [2.45, 2.75) is 58.2 Å². The van der Waals surface area contributed by atoms with Crippen molar-refractivity contribution in [2.24, 2.45) is 10.8 Å². The van der Waals surface area contributed by atoms with Crippen LogP contribution in [0.5, 0.6) is 0 Å². The fourth-order valence-electron chi connectivity index (χ4n) is 3.67. The van der Waals surface area contributed by atoms with Crippen molar-refractivity contribution in [3.63, 3.8) is 0 Å². The number of hydrogen-bond acceptors (Lipinski definition) is 15. The van der Waals surface area contributed by atoms with Gasteiger partial charge in [0, 0.05) is 23.8 Å². The molecule has 0 spiro atoms. The Labute approximate surface area is 261 Å². The summed E-state index contributed by atoms with van der Waals surface area (Å²) in [5, 5.41) is 39.9. The van der Waals surface area contributed by atoms with Gasteiger partial charge in [-0.1, -0.05) is 23.5 Å². The first-order valence-corrected chi connectivity index (χ1v) is 16.8. The van der Waals surface area contributed by atoms with Gasteiger partial charge in [-0.2, -0.15) is 0 Å². The number of nitrogens with one attached hydrogen (secondary N) is 1. The average molecular weight is 691 g/mol. The minimum Gasteiger partial charge on any atom is -0.395 e. The number of phosphoric ester groups is 1. The van der Waals surface area contributed by atoms with Gasteiger partial charge in [0.25, 0.3) is 5.56 Å². The van der Waals surface area contributed by atoms with E-state index in [1.807, 2.05) is 4.98 Å². The molecule has 1 aliphatic heterocycles. The number of aromatic nitrogens is 2. The summed E-state index contributed by atoms with van der Waals surface area (Å²) in [5.74, 6) is -0.0909. The number of halogens is 1. The summed E-state index contributed by atoms with van der Waals surface area (Å²) in [6.45, 7) is 3.11. The molecule has 0 amide bonds. The van der Waals surface area contributed by atoms with Crippen molar-refractivity contribution < 1.29 is 57.3 Å². The van der Waals surface area contributed by atoms with E-state index in [0.29, 0.717) is 0 Å². The highest BCUT2D eigenvalue weighted by Gasteiger charge is 2.63. The molecule has 1 aromatic rings. The standard InChI is InChI=1S/C25H40FN2O13PS2/c1-22(2,13-29)19(33)43-10-8-38-42(37,39-9-11-44-20(34)23(3,4)14-30)40-15-25(12-26)17(32)24(5,36)18(41-25)28-7-6-16(31)27-21(28)35/h6-7,17-18,29-30,32,36H,8-15H2,1-5H3,(H,27,31,35). The van der Waals surface area contributed by atoms with E-state index in [1.165, 1.54) is 27.7 Å². The Kier molecular flexibility index (Phi) is 13.6. The molecule has 2 rings (SSSR count). The molecule has 0 bridgehead atoms. The number of H-pyrrole nitrogens is 1. The minimum absolute atomic E-state index is 0.0454. The Morgan fingerprint density at radius 3 is 2.00 bits per heavy atom. The van der Waals surface area contributed by atoms with Crippen LogP contribution in [0, 0.1) is 10.8 Å². The predicted molar refractivity (Wildman–Crippen MR) is 159 cm³/mol. The molecule has 0 aliphatic carbocycles. The van der Waals surface area contributed by atoms with Gasteiger partial charge in [-0.05, 0) is 34.6 Å². The molecule has 1 aliphatic rings. The lowest BCUT2D eigenvalue weighted by Crippen LogP contribution is -2.53. The van der Waals surface area contributed by atoms with Gasteiger partial charge in [-0.3, -0.25) is 37.5 Å². The number of aliphatic hydroxyl groups is 4. The van der Waals surface area contributed by atoms with Crippen LogP contribution in [0.25, 0.3) is 0 Å². The zero-order valence-corrected chi connectivity index (χ0v) is 27.5. The van der Waals surface area contributed by atoms with E-state index in [0.717, 1.165) is 47.3 Å². The Bertz CT molecular complexity index is 1280. The van der Waals surface area contributed by atoms with Gasteiger partial charge in [-0.15, -0.1) is 0 Å². The molecule has 0 radical (unpaired) electrons. The molecule has 252 valence electrons. The molecular formula is C25H40FN2O13PS2. The molecule has 5 N–H and O–H groups in total. The first-order valence-electron chi connectivity index (χ1n) is 13.4. The van der Waals surface area contributed by atoms with Gasteiger partial charge in [-0.25, -0.2) is 13.8 Å². The summed E-state index contributed by atoms with van der Waals surface area (Å²) in [7, 11) is -4.62. The van der Waals surface area contributed by atoms with Crippen molar-refractivity contribution in [3.05, 3.63) is 33.1 Å². The Balaban J connectivity index is 2.21. The van der Waals surface area contributed by atoms with Crippen LogP contribution in [0.15, 0.2) is 21.9 Å². The molecule has 1 saturated heterocycles. The number of aromatic amines is 1. The van der Waals surface area contributed by atoms with Gasteiger partial charge in [0.2, 0.25) is 0 Å². The summed E-state index contributed by atoms with van der Waals surface area (Å²) >= 11 is 1.58. The largest absolute Gasteiger partial charge is 0.474 e. The maximum Gasteiger partial charge on any atom is 0.474 e. The van der Waals surface area contributed by atoms with Crippen LogP contribution >= 0.6 is 31.3 Å². The molecule has 0 saturated carbocycles. The minimum atomic E-state index is -4.62. The smallest absolute Gasteiger partial charge is 0.395 e. The molecule has 4 unspecified atom stereocenters. The van der Waals surface area contributed by atoms with Gasteiger partial charge in [0.15, 0.2) is 22.1 Å². The van der Waals surface area contributed by atoms with E-state index in [4.69, 9.17) is 18.3 Å². The fourth-order valence-corrected chi connectivity index (χ4v) is 6.76. The van der Waals surface area contributed by atoms with Crippen LogP contribution in [-0.4, -0.2) is 109 Å². The Morgan fingerprint density at radius 2 is 1.57 bits per heavy atom. The Hall–Kier alpha value is -1.44. The molecule has 19 heteroatoms. The molecule has 44 heavy (non-hydrogen) atoms. The van der Waals surface area contributed by atoms with E-state index < -0.39 is 79.9 Å². The summed E-state index contributed by atoms with van der Waals surface area (Å²) in [6.07, 6.45) is -2.79. The number of nitrogens with zero attached hydrogens (tertiary/aromatic N) is 1. The lowest BCUT2D eigenvalue weighted by Gasteiger charge is -2.31. The zero-order chi connectivity index (χ0) is 33.6. The normalized spacial score (nSPS) is 24.5. The lowest BCUT2D eigenvalue weighted by molar-refractivity contribution is -0.139. The number of carbonyl (C=O) groups excluding carboxylic acids is 2. The lowest BCUT2D eigenvalue weighted by atomic mass is 9.88. The maximum atomic E-state index is 14.5. The van der Waals surface area contributed by atoms with Crippen LogP contribution in [0.3, 0.4) is 0 Å². The highest BCUT2D eigenvalue weighted by molar-refractivity contribution is 8.14. The first-order chi connectivity index (χ1) is 20.3. The summed E-state index contributed by atoms with van der Waals surface area (Å²) < 4.78 is 50.5. The molecule has 2 heterocycles. The monoisotopic (exact) mass is 690 g/mol. The molecule has 0 aromatic carbocycles. The van der Waals surface area contributed by atoms with Crippen LogP contribution < -0.4 is 11.2 Å². The number of thioether (sulfide) groups is 2. The highest BCUT2D eigenvalue weighted by atomic mass is 32.2. The molecule has 1 aromatic heterocycles. The van der Waals surface area contributed by atoms with Gasteiger partial charge in [0.1, 0.15) is 18.4 Å². The number of carbonyl (C=O) groups is 2. The Morgan fingerprint density at radius 1 is 1.07 bits per heavy atom. The molecule has 1 fully saturated rings. The van der Waals surface area contributed by atoms with Crippen LogP contribution in [0.1, 0.15) is 40.8 Å². The topological polar surface area (TPSA) is 224 Å². The number of ether oxygens (including phenoxy) is 1. The molecule has 4 atom stereocenters. The average Bonchev–Trinajstić information content (AvgIpc) is 3.17. The fraction of sp³-hybridized carbons (Fsp3) is 0.760. The third kappa shape index (κ3) is 9.31. The van der Waals surface area contributed by atoms with E-state index >= 15 is 0 Å².